The molecule has 1 aromatic rings. The lowest BCUT2D eigenvalue weighted by Crippen LogP contribution is -2.34. The topological polar surface area (TPSA) is 58.4 Å². The monoisotopic (exact) mass is 275 g/mol. The van der Waals surface area contributed by atoms with Crippen LogP contribution in [0.5, 0.6) is 0 Å². The van der Waals surface area contributed by atoms with E-state index in [1.165, 1.54) is 0 Å². The summed E-state index contributed by atoms with van der Waals surface area (Å²) in [5.41, 5.74) is 7.67. The molecule has 1 saturated carbocycles. The third-order valence-electron chi connectivity index (χ3n) is 4.07. The standard InChI is InChI=1S/C16H25N3O/c1-19(2)15-5-3-4-13(10-15)16(20)18-11-12-6-8-14(17)9-7-12/h3-5,10,12,14H,6-9,11,17H2,1-2H3,(H,18,20). The van der Waals surface area contributed by atoms with Gasteiger partial charge in [0, 0.05) is 37.9 Å². The summed E-state index contributed by atoms with van der Waals surface area (Å²) in [6.07, 6.45) is 4.41. The van der Waals surface area contributed by atoms with Crippen molar-refractivity contribution in [3.8, 4) is 0 Å². The molecule has 1 aliphatic rings. The van der Waals surface area contributed by atoms with Gasteiger partial charge < -0.3 is 16.0 Å². The highest BCUT2D eigenvalue weighted by atomic mass is 16.1. The molecule has 20 heavy (non-hydrogen) atoms. The smallest absolute Gasteiger partial charge is 0.251 e. The molecule has 0 heterocycles. The minimum atomic E-state index is 0.0172. The molecule has 4 nitrogen and oxygen atoms in total. The van der Waals surface area contributed by atoms with Gasteiger partial charge in [-0.1, -0.05) is 6.07 Å². The summed E-state index contributed by atoms with van der Waals surface area (Å²) in [6.45, 7) is 0.762. The van der Waals surface area contributed by atoms with Crippen LogP contribution in [0.3, 0.4) is 0 Å². The molecular formula is C16H25N3O. The van der Waals surface area contributed by atoms with Crippen molar-refractivity contribution in [1.29, 1.82) is 0 Å². The maximum absolute atomic E-state index is 12.2. The zero-order chi connectivity index (χ0) is 14.5. The Balaban J connectivity index is 1.87. The van der Waals surface area contributed by atoms with E-state index in [1.807, 2.05) is 43.3 Å². The van der Waals surface area contributed by atoms with Crippen LogP contribution < -0.4 is 16.0 Å². The van der Waals surface area contributed by atoms with Gasteiger partial charge in [-0.15, -0.1) is 0 Å². The van der Waals surface area contributed by atoms with E-state index in [0.717, 1.165) is 43.5 Å². The molecule has 0 radical (unpaired) electrons. The normalized spacial score (nSPS) is 22.4. The Morgan fingerprint density at radius 2 is 2.00 bits per heavy atom. The summed E-state index contributed by atoms with van der Waals surface area (Å²) in [5.74, 6) is 0.597. The van der Waals surface area contributed by atoms with Crippen molar-refractivity contribution in [3.05, 3.63) is 29.8 Å². The number of nitrogens with two attached hydrogens (primary N) is 1. The third-order valence-corrected chi connectivity index (χ3v) is 4.07. The molecule has 0 bridgehead atoms. The molecule has 0 aromatic heterocycles. The number of hydrogen-bond donors (Lipinski definition) is 2. The molecule has 1 aromatic carbocycles. The van der Waals surface area contributed by atoms with Crippen molar-refractivity contribution in [2.24, 2.45) is 11.7 Å². The number of anilines is 1. The number of rotatable bonds is 4. The van der Waals surface area contributed by atoms with Crippen molar-refractivity contribution < 1.29 is 4.79 Å². The molecule has 3 N–H and O–H groups in total. The molecular weight excluding hydrogens is 250 g/mol. The summed E-state index contributed by atoms with van der Waals surface area (Å²) in [4.78, 5) is 14.2. The Kier molecular flexibility index (Phi) is 5.01. The maximum atomic E-state index is 12.2. The highest BCUT2D eigenvalue weighted by Gasteiger charge is 2.19. The molecule has 0 saturated heterocycles. The van der Waals surface area contributed by atoms with E-state index in [4.69, 9.17) is 5.73 Å². The molecule has 0 aliphatic heterocycles. The summed E-state index contributed by atoms with van der Waals surface area (Å²) in [6, 6.07) is 8.06. The predicted molar refractivity (Wildman–Crippen MR) is 83.0 cm³/mol. The van der Waals surface area contributed by atoms with E-state index in [9.17, 15) is 4.79 Å². The van der Waals surface area contributed by atoms with Crippen molar-refractivity contribution >= 4 is 11.6 Å². The van der Waals surface area contributed by atoms with Gasteiger partial charge >= 0.3 is 0 Å². The van der Waals surface area contributed by atoms with Gasteiger partial charge in [-0.25, -0.2) is 0 Å². The Labute approximate surface area is 121 Å². The van der Waals surface area contributed by atoms with Gasteiger partial charge in [0.25, 0.3) is 5.91 Å². The molecule has 1 fully saturated rings. The number of amides is 1. The number of carbonyl (C=O) groups excluding carboxylic acids is 1. The van der Waals surface area contributed by atoms with Gasteiger partial charge in [-0.2, -0.15) is 0 Å². The molecule has 0 atom stereocenters. The summed E-state index contributed by atoms with van der Waals surface area (Å²) < 4.78 is 0. The van der Waals surface area contributed by atoms with Crippen LogP contribution in [0, 0.1) is 5.92 Å². The van der Waals surface area contributed by atoms with Gasteiger partial charge in [0.05, 0.1) is 0 Å². The number of nitrogens with zero attached hydrogens (tertiary/aromatic N) is 1. The second-order valence-electron chi connectivity index (χ2n) is 5.94. The van der Waals surface area contributed by atoms with Crippen LogP contribution in [0.25, 0.3) is 0 Å². The number of nitrogens with one attached hydrogen (secondary N) is 1. The molecule has 0 unspecified atom stereocenters. The van der Waals surface area contributed by atoms with Crippen LogP contribution in [0.15, 0.2) is 24.3 Å². The molecule has 0 spiro atoms. The van der Waals surface area contributed by atoms with Crippen LogP contribution in [0.2, 0.25) is 0 Å². The van der Waals surface area contributed by atoms with E-state index >= 15 is 0 Å². The van der Waals surface area contributed by atoms with E-state index in [1.54, 1.807) is 0 Å². The first-order valence-electron chi connectivity index (χ1n) is 7.37. The Bertz CT molecular complexity index is 451. The summed E-state index contributed by atoms with van der Waals surface area (Å²) >= 11 is 0. The Morgan fingerprint density at radius 1 is 1.30 bits per heavy atom. The second-order valence-corrected chi connectivity index (χ2v) is 5.94. The van der Waals surface area contributed by atoms with Gasteiger partial charge in [-0.3, -0.25) is 4.79 Å². The van der Waals surface area contributed by atoms with Crippen molar-refractivity contribution in [3.63, 3.8) is 0 Å². The summed E-state index contributed by atoms with van der Waals surface area (Å²) in [7, 11) is 3.95. The quantitative estimate of drug-likeness (QED) is 0.883. The van der Waals surface area contributed by atoms with E-state index < -0.39 is 0 Å². The van der Waals surface area contributed by atoms with Crippen LogP contribution >= 0.6 is 0 Å². The first-order valence-corrected chi connectivity index (χ1v) is 7.37. The third kappa shape index (κ3) is 3.97. The fourth-order valence-electron chi connectivity index (χ4n) is 2.66. The lowest BCUT2D eigenvalue weighted by molar-refractivity contribution is 0.0943. The lowest BCUT2D eigenvalue weighted by Gasteiger charge is -2.26. The maximum Gasteiger partial charge on any atom is 0.251 e. The van der Waals surface area contributed by atoms with Crippen LogP contribution in [0.1, 0.15) is 36.0 Å². The highest BCUT2D eigenvalue weighted by molar-refractivity contribution is 5.95. The van der Waals surface area contributed by atoms with Gasteiger partial charge in [0.2, 0.25) is 0 Å². The first kappa shape index (κ1) is 14.9. The number of hydrogen-bond acceptors (Lipinski definition) is 3. The molecule has 4 heteroatoms. The molecule has 1 amide bonds. The van der Waals surface area contributed by atoms with Crippen LogP contribution in [0.4, 0.5) is 5.69 Å². The van der Waals surface area contributed by atoms with Crippen molar-refractivity contribution in [2.75, 3.05) is 25.5 Å². The van der Waals surface area contributed by atoms with Gasteiger partial charge in [0.15, 0.2) is 0 Å². The lowest BCUT2D eigenvalue weighted by atomic mass is 9.86. The highest BCUT2D eigenvalue weighted by Crippen LogP contribution is 2.22. The molecule has 1 aliphatic carbocycles. The fraction of sp³-hybridized carbons (Fsp3) is 0.562. The number of benzene rings is 1. The Morgan fingerprint density at radius 3 is 2.65 bits per heavy atom. The van der Waals surface area contributed by atoms with Gasteiger partial charge in [-0.05, 0) is 49.8 Å². The molecule has 2 rings (SSSR count). The average Bonchev–Trinajstić information content (AvgIpc) is 2.46. The summed E-state index contributed by atoms with van der Waals surface area (Å²) in [5, 5.41) is 3.05. The minimum Gasteiger partial charge on any atom is -0.378 e. The largest absolute Gasteiger partial charge is 0.378 e. The minimum absolute atomic E-state index is 0.0172. The number of carbonyl (C=O) groups is 1. The van der Waals surface area contributed by atoms with Crippen molar-refractivity contribution in [1.82, 2.24) is 5.32 Å². The first-order chi connectivity index (χ1) is 9.56. The van der Waals surface area contributed by atoms with Crippen LogP contribution in [-0.4, -0.2) is 32.6 Å². The van der Waals surface area contributed by atoms with Crippen molar-refractivity contribution in [2.45, 2.75) is 31.7 Å². The van der Waals surface area contributed by atoms with Gasteiger partial charge in [0.1, 0.15) is 0 Å². The Hall–Kier alpha value is -1.55. The SMILES string of the molecule is CN(C)c1cccc(C(=O)NCC2CCC(N)CC2)c1. The fourth-order valence-corrected chi connectivity index (χ4v) is 2.66. The predicted octanol–water partition coefficient (Wildman–Crippen LogP) is 2.00. The molecule has 110 valence electrons. The zero-order valence-electron chi connectivity index (χ0n) is 12.4. The van der Waals surface area contributed by atoms with E-state index in [2.05, 4.69) is 5.32 Å². The van der Waals surface area contributed by atoms with E-state index in [-0.39, 0.29) is 5.91 Å². The average molecular weight is 275 g/mol. The van der Waals surface area contributed by atoms with E-state index in [0.29, 0.717) is 12.0 Å². The zero-order valence-corrected chi connectivity index (χ0v) is 12.4. The second kappa shape index (κ2) is 6.75. The van der Waals surface area contributed by atoms with Crippen LogP contribution in [-0.2, 0) is 0 Å².